The minimum absolute atomic E-state index is 0.776. The highest BCUT2D eigenvalue weighted by Gasteiger charge is 2.39. The van der Waals surface area contributed by atoms with Crippen molar-refractivity contribution in [1.29, 1.82) is 0 Å². The Labute approximate surface area is 109 Å². The second kappa shape index (κ2) is 5.08. The van der Waals surface area contributed by atoms with Crippen molar-refractivity contribution in [3.63, 3.8) is 0 Å². The second-order valence-electron chi connectivity index (χ2n) is 5.83. The van der Waals surface area contributed by atoms with Crippen molar-refractivity contribution in [2.45, 2.75) is 42.6 Å². The average Bonchev–Trinajstić information content (AvgIpc) is 2.85. The van der Waals surface area contributed by atoms with E-state index in [1.807, 2.05) is 11.8 Å². The molecule has 0 aromatic carbocycles. The molecule has 0 saturated carbocycles. The topological polar surface area (TPSA) is 18.5 Å². The lowest BCUT2D eigenvalue weighted by Gasteiger charge is -2.33. The van der Waals surface area contributed by atoms with Crippen molar-refractivity contribution < 1.29 is 0 Å². The Balaban J connectivity index is 1.68. The smallest absolute Gasteiger partial charge is 0.0352 e. The minimum Gasteiger partial charge on any atom is -0.314 e. The van der Waals surface area contributed by atoms with Crippen LogP contribution in [0.4, 0.5) is 0 Å². The first kappa shape index (κ1) is 12.3. The van der Waals surface area contributed by atoms with Crippen LogP contribution in [-0.4, -0.2) is 72.7 Å². The summed E-state index contributed by atoms with van der Waals surface area (Å²) in [5, 5.41) is 4.37. The fraction of sp³-hybridized carbons (Fsp3) is 1.00. The molecule has 4 atom stereocenters. The lowest BCUT2D eigenvalue weighted by Crippen LogP contribution is -2.46. The Bertz CT molecular complexity index is 273. The number of thioether (sulfide) groups is 1. The summed E-state index contributed by atoms with van der Waals surface area (Å²) in [5.74, 6) is 0. The number of hydrogen-bond acceptors (Lipinski definition) is 4. The van der Waals surface area contributed by atoms with Crippen LogP contribution in [0.5, 0.6) is 0 Å². The van der Waals surface area contributed by atoms with Gasteiger partial charge in [-0.1, -0.05) is 0 Å². The van der Waals surface area contributed by atoms with Crippen molar-refractivity contribution in [1.82, 2.24) is 15.1 Å². The predicted octanol–water partition coefficient (Wildman–Crippen LogP) is 0.858. The third-order valence-electron chi connectivity index (χ3n) is 5.08. The highest BCUT2D eigenvalue weighted by molar-refractivity contribution is 7.99. The molecule has 0 radical (unpaired) electrons. The summed E-state index contributed by atoms with van der Waals surface area (Å²) in [6, 6.07) is 2.47. The molecule has 4 heteroatoms. The first-order valence-electron chi connectivity index (χ1n) is 6.99. The Hall–Kier alpha value is 0.230. The Kier molecular flexibility index (Phi) is 3.67. The Morgan fingerprint density at radius 2 is 1.94 bits per heavy atom. The molecule has 3 aliphatic rings. The lowest BCUT2D eigenvalue weighted by molar-refractivity contribution is 0.183. The SMILES string of the molecule is CSC1CNCC1N1CCC2CCC(C1)N2C. The summed E-state index contributed by atoms with van der Waals surface area (Å²) in [6.07, 6.45) is 6.50. The molecule has 0 aromatic heterocycles. The van der Waals surface area contributed by atoms with Gasteiger partial charge in [0.05, 0.1) is 0 Å². The molecule has 3 rings (SSSR count). The predicted molar refractivity (Wildman–Crippen MR) is 74.7 cm³/mol. The summed E-state index contributed by atoms with van der Waals surface area (Å²) in [6.45, 7) is 5.02. The van der Waals surface area contributed by atoms with Gasteiger partial charge in [-0.25, -0.2) is 0 Å². The number of likely N-dealkylation sites (tertiary alicyclic amines) is 1. The van der Waals surface area contributed by atoms with Gasteiger partial charge in [0.1, 0.15) is 0 Å². The van der Waals surface area contributed by atoms with E-state index < -0.39 is 0 Å². The molecule has 3 heterocycles. The standard InChI is InChI=1S/C13H25N3S/c1-15-10-3-4-11(15)9-16(6-5-10)12-7-14-8-13(12)17-2/h10-14H,3-9H2,1-2H3. The maximum Gasteiger partial charge on any atom is 0.0352 e. The van der Waals surface area contributed by atoms with Crippen LogP contribution < -0.4 is 5.32 Å². The van der Waals surface area contributed by atoms with E-state index in [2.05, 4.69) is 28.4 Å². The van der Waals surface area contributed by atoms with Crippen LogP contribution in [0, 0.1) is 0 Å². The average molecular weight is 255 g/mol. The van der Waals surface area contributed by atoms with E-state index in [4.69, 9.17) is 0 Å². The van der Waals surface area contributed by atoms with Crippen molar-refractivity contribution in [3.05, 3.63) is 0 Å². The van der Waals surface area contributed by atoms with Crippen molar-refractivity contribution in [3.8, 4) is 0 Å². The normalized spacial score (nSPS) is 44.1. The quantitative estimate of drug-likeness (QED) is 0.788. The summed E-state index contributed by atoms with van der Waals surface area (Å²) in [4.78, 5) is 5.43. The minimum atomic E-state index is 0.776. The fourth-order valence-electron chi connectivity index (χ4n) is 3.88. The number of hydrogen-bond donors (Lipinski definition) is 1. The molecule has 3 aliphatic heterocycles. The summed E-state index contributed by atoms with van der Waals surface area (Å²) in [7, 11) is 2.34. The maximum absolute atomic E-state index is 3.57. The van der Waals surface area contributed by atoms with Crippen molar-refractivity contribution >= 4 is 11.8 Å². The van der Waals surface area contributed by atoms with Crippen LogP contribution in [0.15, 0.2) is 0 Å². The first-order valence-corrected chi connectivity index (χ1v) is 8.28. The van der Waals surface area contributed by atoms with Gasteiger partial charge in [0.2, 0.25) is 0 Å². The van der Waals surface area contributed by atoms with Crippen LogP contribution in [0.3, 0.4) is 0 Å². The molecular formula is C13H25N3S. The van der Waals surface area contributed by atoms with Crippen LogP contribution in [0.1, 0.15) is 19.3 Å². The molecule has 1 N–H and O–H groups in total. The van der Waals surface area contributed by atoms with Gasteiger partial charge in [-0.15, -0.1) is 0 Å². The zero-order valence-electron chi connectivity index (χ0n) is 11.1. The van der Waals surface area contributed by atoms with Crippen molar-refractivity contribution in [2.75, 3.05) is 39.5 Å². The Morgan fingerprint density at radius 1 is 1.12 bits per heavy atom. The van der Waals surface area contributed by atoms with Crippen molar-refractivity contribution in [2.24, 2.45) is 0 Å². The van der Waals surface area contributed by atoms with Crippen LogP contribution >= 0.6 is 11.8 Å². The summed E-state index contributed by atoms with van der Waals surface area (Å²) in [5.41, 5.74) is 0. The van der Waals surface area contributed by atoms with E-state index in [0.717, 1.165) is 23.4 Å². The molecule has 3 fully saturated rings. The van der Waals surface area contributed by atoms with E-state index >= 15 is 0 Å². The lowest BCUT2D eigenvalue weighted by atomic mass is 10.1. The zero-order valence-corrected chi connectivity index (χ0v) is 11.9. The number of fused-ring (bicyclic) bond motifs is 2. The molecule has 17 heavy (non-hydrogen) atoms. The second-order valence-corrected chi connectivity index (χ2v) is 6.91. The van der Waals surface area contributed by atoms with Gasteiger partial charge in [-0.05, 0) is 32.6 Å². The molecule has 98 valence electrons. The molecule has 0 amide bonds. The van der Waals surface area contributed by atoms with Crippen LogP contribution in [-0.2, 0) is 0 Å². The van der Waals surface area contributed by atoms with E-state index in [1.165, 1.54) is 45.4 Å². The van der Waals surface area contributed by atoms with E-state index in [-0.39, 0.29) is 0 Å². The molecule has 3 saturated heterocycles. The number of nitrogens with one attached hydrogen (secondary N) is 1. The van der Waals surface area contributed by atoms with Gasteiger partial charge in [0.25, 0.3) is 0 Å². The highest BCUT2D eigenvalue weighted by atomic mass is 32.2. The maximum atomic E-state index is 3.57. The van der Waals surface area contributed by atoms with Gasteiger partial charge in [-0.3, -0.25) is 9.80 Å². The van der Waals surface area contributed by atoms with Gasteiger partial charge in [0, 0.05) is 49.6 Å². The molecule has 0 aliphatic carbocycles. The van der Waals surface area contributed by atoms with Gasteiger partial charge < -0.3 is 5.32 Å². The highest BCUT2D eigenvalue weighted by Crippen LogP contribution is 2.31. The first-order chi connectivity index (χ1) is 8.29. The molecular weight excluding hydrogens is 230 g/mol. The largest absolute Gasteiger partial charge is 0.314 e. The van der Waals surface area contributed by atoms with Gasteiger partial charge in [0.15, 0.2) is 0 Å². The third-order valence-corrected chi connectivity index (χ3v) is 6.17. The summed E-state index contributed by atoms with van der Waals surface area (Å²) >= 11 is 2.04. The fourth-order valence-corrected chi connectivity index (χ4v) is 4.75. The molecule has 0 aromatic rings. The van der Waals surface area contributed by atoms with E-state index in [0.29, 0.717) is 0 Å². The molecule has 2 bridgehead atoms. The van der Waals surface area contributed by atoms with E-state index in [1.54, 1.807) is 0 Å². The van der Waals surface area contributed by atoms with Gasteiger partial charge >= 0.3 is 0 Å². The van der Waals surface area contributed by atoms with Crippen LogP contribution in [0.25, 0.3) is 0 Å². The molecule has 3 nitrogen and oxygen atoms in total. The summed E-state index contributed by atoms with van der Waals surface area (Å²) < 4.78 is 0. The van der Waals surface area contributed by atoms with Gasteiger partial charge in [-0.2, -0.15) is 11.8 Å². The Morgan fingerprint density at radius 3 is 2.76 bits per heavy atom. The molecule has 0 spiro atoms. The monoisotopic (exact) mass is 255 g/mol. The molecule has 4 unspecified atom stereocenters. The van der Waals surface area contributed by atoms with E-state index in [9.17, 15) is 0 Å². The number of likely N-dealkylation sites (N-methyl/N-ethyl adjacent to an activating group) is 1. The number of nitrogens with zero attached hydrogens (tertiary/aromatic N) is 2. The third kappa shape index (κ3) is 2.25. The number of rotatable bonds is 2. The zero-order chi connectivity index (χ0) is 11.8. The van der Waals surface area contributed by atoms with Crippen LogP contribution in [0.2, 0.25) is 0 Å².